The number of nitrogens with zero attached hydrogens (tertiary/aromatic N) is 2. The normalized spacial score (nSPS) is 14.4. The topological polar surface area (TPSA) is 45.0 Å². The fourth-order valence-corrected chi connectivity index (χ4v) is 4.26. The number of amides is 1. The predicted octanol–water partition coefficient (Wildman–Crippen LogP) is 4.61. The maximum atomic E-state index is 13.2. The Kier molecular flexibility index (Phi) is 4.22. The molecule has 1 aliphatic heterocycles. The molecule has 0 saturated heterocycles. The van der Waals surface area contributed by atoms with Crippen LogP contribution in [0.3, 0.4) is 0 Å². The number of carbonyl (C=O) groups is 1. The third-order valence-electron chi connectivity index (χ3n) is 5.80. The van der Waals surface area contributed by atoms with E-state index in [1.54, 1.807) is 4.90 Å². The Labute approximate surface area is 169 Å². The molecule has 144 valence electrons. The minimum absolute atomic E-state index is 0.0220. The maximum absolute atomic E-state index is 13.2. The molecular weight excluding hydrogens is 360 g/mol. The van der Waals surface area contributed by atoms with Crippen molar-refractivity contribution in [2.24, 2.45) is 0 Å². The Morgan fingerprint density at radius 3 is 2.24 bits per heavy atom. The lowest BCUT2D eigenvalue weighted by molar-refractivity contribution is 0.0638. The van der Waals surface area contributed by atoms with Gasteiger partial charge in [0.15, 0.2) is 0 Å². The number of hydrogen-bond donors (Lipinski definition) is 1. The highest BCUT2D eigenvalue weighted by molar-refractivity contribution is 6.04. The summed E-state index contributed by atoms with van der Waals surface area (Å²) in [6.45, 7) is 2.35. The van der Waals surface area contributed by atoms with Crippen LogP contribution in [0.4, 0.5) is 0 Å². The van der Waals surface area contributed by atoms with E-state index in [-0.39, 0.29) is 18.6 Å². The van der Waals surface area contributed by atoms with Crippen LogP contribution in [0.25, 0.3) is 27.8 Å². The van der Waals surface area contributed by atoms with Gasteiger partial charge >= 0.3 is 0 Å². The van der Waals surface area contributed by atoms with Crippen molar-refractivity contribution in [3.05, 3.63) is 90.3 Å². The number of aromatic nitrogens is 1. The number of carbonyl (C=O) groups excluding carboxylic acids is 1. The van der Waals surface area contributed by atoms with Crippen LogP contribution in [0.5, 0.6) is 0 Å². The average molecular weight is 382 g/mol. The summed E-state index contributed by atoms with van der Waals surface area (Å²) in [6.07, 6.45) is 1.99. The van der Waals surface area contributed by atoms with Crippen LogP contribution in [0.1, 0.15) is 23.0 Å². The van der Waals surface area contributed by atoms with E-state index in [9.17, 15) is 9.90 Å². The first-order valence-electron chi connectivity index (χ1n) is 9.88. The predicted molar refractivity (Wildman–Crippen MR) is 115 cm³/mol. The van der Waals surface area contributed by atoms with E-state index < -0.39 is 0 Å². The fraction of sp³-hybridized carbons (Fsp3) is 0.160. The van der Waals surface area contributed by atoms with Gasteiger partial charge in [0.2, 0.25) is 0 Å². The zero-order valence-electron chi connectivity index (χ0n) is 16.2. The second-order valence-corrected chi connectivity index (χ2v) is 7.57. The van der Waals surface area contributed by atoms with Gasteiger partial charge in [0, 0.05) is 23.9 Å². The van der Waals surface area contributed by atoms with Gasteiger partial charge in [-0.3, -0.25) is 4.79 Å². The second-order valence-electron chi connectivity index (χ2n) is 7.57. The minimum Gasteiger partial charge on any atom is -0.394 e. The third kappa shape index (κ3) is 2.76. The molecule has 2 aromatic carbocycles. The van der Waals surface area contributed by atoms with Crippen molar-refractivity contribution in [3.8, 4) is 22.3 Å². The van der Waals surface area contributed by atoms with Crippen molar-refractivity contribution in [2.45, 2.75) is 19.5 Å². The van der Waals surface area contributed by atoms with Crippen LogP contribution >= 0.6 is 0 Å². The third-order valence-corrected chi connectivity index (χ3v) is 5.80. The summed E-state index contributed by atoms with van der Waals surface area (Å²) in [5.74, 6) is -0.0220. The molecule has 4 nitrogen and oxygen atoms in total. The van der Waals surface area contributed by atoms with Crippen LogP contribution in [-0.4, -0.2) is 33.0 Å². The molecule has 0 bridgehead atoms. The number of benzene rings is 2. The summed E-state index contributed by atoms with van der Waals surface area (Å²) in [5.41, 5.74) is 7.25. The lowest BCUT2D eigenvalue weighted by atomic mass is 10.00. The summed E-state index contributed by atoms with van der Waals surface area (Å²) < 4.78 is 2.01. The van der Waals surface area contributed by atoms with Gasteiger partial charge in [-0.1, -0.05) is 60.7 Å². The van der Waals surface area contributed by atoms with E-state index in [0.29, 0.717) is 12.2 Å². The molecule has 0 aliphatic carbocycles. The SMILES string of the molecule is CC(CO)N1Cc2c(-c3ccccc3)c3cc(-c4ccccc4)ccn3c2C1=O. The van der Waals surface area contributed by atoms with E-state index in [2.05, 4.69) is 36.4 Å². The zero-order valence-corrected chi connectivity index (χ0v) is 16.2. The second kappa shape index (κ2) is 6.90. The fourth-order valence-electron chi connectivity index (χ4n) is 4.26. The highest BCUT2D eigenvalue weighted by atomic mass is 16.3. The lowest BCUT2D eigenvalue weighted by Crippen LogP contribution is -2.36. The number of pyridine rings is 1. The number of hydrogen-bond acceptors (Lipinski definition) is 2. The van der Waals surface area contributed by atoms with Gasteiger partial charge < -0.3 is 14.4 Å². The molecule has 0 spiro atoms. The van der Waals surface area contributed by atoms with Gasteiger partial charge in [0.25, 0.3) is 5.91 Å². The van der Waals surface area contributed by atoms with E-state index in [0.717, 1.165) is 33.3 Å². The summed E-state index contributed by atoms with van der Waals surface area (Å²) in [5, 5.41) is 9.59. The summed E-state index contributed by atoms with van der Waals surface area (Å²) in [7, 11) is 0. The highest BCUT2D eigenvalue weighted by Crippen LogP contribution is 2.40. The molecule has 1 amide bonds. The van der Waals surface area contributed by atoms with Crippen molar-refractivity contribution in [2.75, 3.05) is 6.61 Å². The molecule has 1 atom stereocenters. The number of aliphatic hydroxyl groups excluding tert-OH is 1. The zero-order chi connectivity index (χ0) is 20.0. The van der Waals surface area contributed by atoms with Gasteiger partial charge in [-0.15, -0.1) is 0 Å². The first kappa shape index (κ1) is 17.7. The van der Waals surface area contributed by atoms with Gasteiger partial charge in [-0.05, 0) is 35.7 Å². The van der Waals surface area contributed by atoms with Crippen LogP contribution in [0.15, 0.2) is 79.0 Å². The summed E-state index contributed by atoms with van der Waals surface area (Å²) in [6, 6.07) is 24.5. The molecule has 5 rings (SSSR count). The van der Waals surface area contributed by atoms with E-state index >= 15 is 0 Å². The van der Waals surface area contributed by atoms with Crippen molar-refractivity contribution < 1.29 is 9.90 Å². The van der Waals surface area contributed by atoms with Crippen LogP contribution in [0.2, 0.25) is 0 Å². The smallest absolute Gasteiger partial charge is 0.271 e. The lowest BCUT2D eigenvalue weighted by Gasteiger charge is -2.23. The Morgan fingerprint density at radius 1 is 0.931 bits per heavy atom. The van der Waals surface area contributed by atoms with Crippen molar-refractivity contribution >= 4 is 11.4 Å². The van der Waals surface area contributed by atoms with E-state index in [4.69, 9.17) is 0 Å². The molecule has 0 saturated carbocycles. The largest absolute Gasteiger partial charge is 0.394 e. The van der Waals surface area contributed by atoms with Crippen molar-refractivity contribution in [1.82, 2.24) is 9.30 Å². The summed E-state index contributed by atoms with van der Waals surface area (Å²) >= 11 is 0. The minimum atomic E-state index is -0.210. The standard InChI is InChI=1S/C25H22N2O2/c1-17(16-28)27-15-21-23(19-10-6-3-7-11-19)22-14-20(18-8-4-2-5-9-18)12-13-26(22)24(21)25(27)29/h2-14,17,28H,15-16H2,1H3. The van der Waals surface area contributed by atoms with E-state index in [1.807, 2.05) is 53.9 Å². The molecule has 1 unspecified atom stereocenters. The monoisotopic (exact) mass is 382 g/mol. The number of fused-ring (bicyclic) bond motifs is 3. The quantitative estimate of drug-likeness (QED) is 0.560. The average Bonchev–Trinajstić information content (AvgIpc) is 3.28. The molecule has 3 heterocycles. The molecule has 4 heteroatoms. The Balaban J connectivity index is 1.76. The molecule has 1 aliphatic rings. The van der Waals surface area contributed by atoms with Gasteiger partial charge in [-0.2, -0.15) is 0 Å². The van der Waals surface area contributed by atoms with Gasteiger partial charge in [-0.25, -0.2) is 0 Å². The van der Waals surface area contributed by atoms with Crippen molar-refractivity contribution in [3.63, 3.8) is 0 Å². The molecule has 4 aromatic rings. The van der Waals surface area contributed by atoms with Crippen LogP contribution < -0.4 is 0 Å². The molecule has 29 heavy (non-hydrogen) atoms. The van der Waals surface area contributed by atoms with Crippen LogP contribution in [0, 0.1) is 0 Å². The Morgan fingerprint density at radius 2 is 1.59 bits per heavy atom. The highest BCUT2D eigenvalue weighted by Gasteiger charge is 2.36. The Bertz CT molecular complexity index is 1200. The van der Waals surface area contributed by atoms with Crippen LogP contribution in [-0.2, 0) is 6.54 Å². The van der Waals surface area contributed by atoms with Gasteiger partial charge in [0.1, 0.15) is 5.69 Å². The molecule has 0 fully saturated rings. The first-order chi connectivity index (χ1) is 14.2. The van der Waals surface area contributed by atoms with E-state index in [1.165, 1.54) is 0 Å². The first-order valence-corrected chi connectivity index (χ1v) is 9.88. The number of aliphatic hydroxyl groups is 1. The molecule has 0 radical (unpaired) electrons. The Hall–Kier alpha value is -3.37. The van der Waals surface area contributed by atoms with Crippen molar-refractivity contribution in [1.29, 1.82) is 0 Å². The molecule has 2 aromatic heterocycles. The summed E-state index contributed by atoms with van der Waals surface area (Å²) in [4.78, 5) is 15.0. The maximum Gasteiger partial charge on any atom is 0.271 e. The molecular formula is C25H22N2O2. The van der Waals surface area contributed by atoms with Gasteiger partial charge in [0.05, 0.1) is 18.2 Å². The number of rotatable bonds is 4. The molecule has 1 N–H and O–H groups in total.